The number of alkyl halides is 3. The van der Waals surface area contributed by atoms with Crippen molar-refractivity contribution >= 4 is 15.9 Å². The number of hydrogen-bond acceptors (Lipinski definition) is 4. The van der Waals surface area contributed by atoms with Crippen LogP contribution < -0.4 is 0 Å². The van der Waals surface area contributed by atoms with E-state index in [0.29, 0.717) is 32.0 Å². The minimum absolute atomic E-state index is 0.0527. The summed E-state index contributed by atoms with van der Waals surface area (Å²) < 4.78 is 65.5. The van der Waals surface area contributed by atoms with Crippen LogP contribution in [0.25, 0.3) is 0 Å². The fourth-order valence-electron chi connectivity index (χ4n) is 3.87. The Morgan fingerprint density at radius 3 is 2.24 bits per heavy atom. The Morgan fingerprint density at radius 1 is 1.07 bits per heavy atom. The third-order valence-electron chi connectivity index (χ3n) is 5.73. The van der Waals surface area contributed by atoms with Crippen molar-refractivity contribution in [2.24, 2.45) is 5.92 Å². The molecule has 162 valence electrons. The van der Waals surface area contributed by atoms with Crippen LogP contribution in [0, 0.1) is 5.92 Å². The number of halogens is 3. The molecule has 2 aliphatic rings. The van der Waals surface area contributed by atoms with Gasteiger partial charge in [-0.05, 0) is 37.6 Å². The maximum atomic E-state index is 12.9. The zero-order valence-corrected chi connectivity index (χ0v) is 17.2. The normalized spacial score (nSPS) is 20.8. The quantitative estimate of drug-likeness (QED) is 0.731. The Bertz CT molecular complexity index is 829. The smallest absolute Gasteiger partial charge is 0.340 e. The molecular formula is C19H26F3N3O3S. The fraction of sp³-hybridized carbons (Fsp3) is 0.632. The predicted octanol–water partition coefficient (Wildman–Crippen LogP) is 2.27. The van der Waals surface area contributed by atoms with Crippen molar-refractivity contribution in [3.8, 4) is 0 Å². The predicted molar refractivity (Wildman–Crippen MR) is 102 cm³/mol. The highest BCUT2D eigenvalue weighted by Crippen LogP contribution is 2.32. The summed E-state index contributed by atoms with van der Waals surface area (Å²) >= 11 is 0. The number of amides is 1. The van der Waals surface area contributed by atoms with Crippen LogP contribution in [0.2, 0.25) is 0 Å². The molecule has 0 spiro atoms. The van der Waals surface area contributed by atoms with Crippen molar-refractivity contribution in [3.05, 3.63) is 29.8 Å². The number of sulfonamides is 1. The lowest BCUT2D eigenvalue weighted by molar-refractivity contribution is -0.139. The molecule has 2 heterocycles. The van der Waals surface area contributed by atoms with Crippen molar-refractivity contribution < 1.29 is 26.4 Å². The number of benzene rings is 1. The Morgan fingerprint density at radius 2 is 1.69 bits per heavy atom. The zero-order chi connectivity index (χ0) is 21.2. The van der Waals surface area contributed by atoms with Crippen LogP contribution >= 0.6 is 0 Å². The lowest BCUT2D eigenvalue weighted by Gasteiger charge is -2.38. The third kappa shape index (κ3) is 4.92. The summed E-state index contributed by atoms with van der Waals surface area (Å²) in [6, 6.07) is 3.79. The van der Waals surface area contributed by atoms with Gasteiger partial charge in [0, 0.05) is 45.2 Å². The molecule has 0 bridgehead atoms. The van der Waals surface area contributed by atoms with Crippen LogP contribution in [-0.4, -0.2) is 74.2 Å². The lowest BCUT2D eigenvalue weighted by atomic mass is 9.96. The first-order chi connectivity index (χ1) is 13.6. The Labute approximate surface area is 169 Å². The van der Waals surface area contributed by atoms with Crippen molar-refractivity contribution in [2.45, 2.75) is 30.8 Å². The second-order valence-electron chi connectivity index (χ2n) is 7.46. The van der Waals surface area contributed by atoms with Crippen LogP contribution in [0.5, 0.6) is 0 Å². The molecule has 6 nitrogen and oxygen atoms in total. The van der Waals surface area contributed by atoms with Crippen LogP contribution in [0.1, 0.15) is 25.3 Å². The summed E-state index contributed by atoms with van der Waals surface area (Å²) in [6.07, 6.45) is -3.84. The average Bonchev–Trinajstić information content (AvgIpc) is 2.73. The zero-order valence-electron chi connectivity index (χ0n) is 16.4. The third-order valence-corrected chi connectivity index (χ3v) is 7.63. The van der Waals surface area contributed by atoms with Gasteiger partial charge in [-0.1, -0.05) is 13.0 Å². The molecule has 0 unspecified atom stereocenters. The highest BCUT2D eigenvalue weighted by atomic mass is 32.2. The number of likely N-dealkylation sites (N-methyl/N-ethyl adjacent to an activating group) is 1. The molecule has 2 aliphatic heterocycles. The fourth-order valence-corrected chi connectivity index (χ4v) is 5.38. The number of nitrogens with zero attached hydrogens (tertiary/aromatic N) is 3. The van der Waals surface area contributed by atoms with E-state index in [4.69, 9.17) is 0 Å². The summed E-state index contributed by atoms with van der Waals surface area (Å²) in [6.45, 7) is 6.32. The maximum Gasteiger partial charge on any atom is 0.416 e. The highest BCUT2D eigenvalue weighted by Gasteiger charge is 2.36. The average molecular weight is 433 g/mol. The number of rotatable bonds is 4. The number of piperidine rings is 1. The SMILES string of the molecule is CCN1CCN(C(=O)C2CCN(S(=O)(=O)c3cccc(C(F)(F)F)c3)CC2)CC1. The largest absolute Gasteiger partial charge is 0.416 e. The molecule has 10 heteroatoms. The van der Waals surface area contributed by atoms with Gasteiger partial charge in [0.2, 0.25) is 15.9 Å². The van der Waals surface area contributed by atoms with Crippen molar-refractivity contribution in [1.29, 1.82) is 0 Å². The summed E-state index contributed by atoms with van der Waals surface area (Å²) in [4.78, 5) is 16.5. The van der Waals surface area contributed by atoms with E-state index in [1.807, 2.05) is 4.90 Å². The second kappa shape index (κ2) is 8.61. The first-order valence-corrected chi connectivity index (χ1v) is 11.3. The number of carbonyl (C=O) groups excluding carboxylic acids is 1. The molecule has 2 fully saturated rings. The van der Waals surface area contributed by atoms with Crippen LogP contribution in [0.3, 0.4) is 0 Å². The van der Waals surface area contributed by atoms with E-state index in [1.165, 1.54) is 10.4 Å². The molecule has 0 radical (unpaired) electrons. The van der Waals surface area contributed by atoms with E-state index in [2.05, 4.69) is 11.8 Å². The van der Waals surface area contributed by atoms with E-state index < -0.39 is 21.8 Å². The summed E-state index contributed by atoms with van der Waals surface area (Å²) in [5.74, 6) is -0.187. The van der Waals surface area contributed by atoms with Crippen LogP contribution in [-0.2, 0) is 21.0 Å². The van der Waals surface area contributed by atoms with Gasteiger partial charge in [-0.15, -0.1) is 0 Å². The minimum Gasteiger partial charge on any atom is -0.340 e. The number of piperazine rings is 1. The lowest BCUT2D eigenvalue weighted by Crippen LogP contribution is -2.51. The Balaban J connectivity index is 1.62. The van der Waals surface area contributed by atoms with Gasteiger partial charge in [-0.3, -0.25) is 4.79 Å². The maximum absolute atomic E-state index is 12.9. The van der Waals surface area contributed by atoms with E-state index in [9.17, 15) is 26.4 Å². The van der Waals surface area contributed by atoms with E-state index in [-0.39, 0.29) is 29.8 Å². The van der Waals surface area contributed by atoms with E-state index in [0.717, 1.165) is 31.8 Å². The summed E-state index contributed by atoms with van der Waals surface area (Å²) in [7, 11) is -4.03. The van der Waals surface area contributed by atoms with Crippen LogP contribution in [0.15, 0.2) is 29.2 Å². The topological polar surface area (TPSA) is 60.9 Å². The van der Waals surface area contributed by atoms with Gasteiger partial charge >= 0.3 is 6.18 Å². The monoisotopic (exact) mass is 433 g/mol. The van der Waals surface area contributed by atoms with Gasteiger partial charge in [0.25, 0.3) is 0 Å². The van der Waals surface area contributed by atoms with E-state index >= 15 is 0 Å². The molecule has 0 aromatic heterocycles. The number of carbonyl (C=O) groups is 1. The molecule has 0 saturated carbocycles. The first kappa shape index (κ1) is 22.0. The van der Waals surface area contributed by atoms with Gasteiger partial charge in [0.15, 0.2) is 0 Å². The van der Waals surface area contributed by atoms with Crippen molar-refractivity contribution in [3.63, 3.8) is 0 Å². The number of hydrogen-bond donors (Lipinski definition) is 0. The molecule has 1 aromatic rings. The van der Waals surface area contributed by atoms with Crippen molar-refractivity contribution in [1.82, 2.24) is 14.1 Å². The minimum atomic E-state index is -4.60. The van der Waals surface area contributed by atoms with Gasteiger partial charge in [-0.25, -0.2) is 8.42 Å². The molecule has 0 atom stereocenters. The molecule has 2 saturated heterocycles. The van der Waals surface area contributed by atoms with Gasteiger partial charge < -0.3 is 9.80 Å². The molecule has 29 heavy (non-hydrogen) atoms. The molecule has 3 rings (SSSR count). The Kier molecular flexibility index (Phi) is 6.54. The van der Waals surface area contributed by atoms with E-state index in [1.54, 1.807) is 0 Å². The highest BCUT2D eigenvalue weighted by molar-refractivity contribution is 7.89. The van der Waals surface area contributed by atoms with Gasteiger partial charge in [-0.2, -0.15) is 17.5 Å². The summed E-state index contributed by atoms with van der Waals surface area (Å²) in [5, 5.41) is 0. The molecule has 0 N–H and O–H groups in total. The van der Waals surface area contributed by atoms with Crippen LogP contribution in [0.4, 0.5) is 13.2 Å². The molecular weight excluding hydrogens is 407 g/mol. The molecule has 0 aliphatic carbocycles. The molecule has 1 aromatic carbocycles. The molecule has 1 amide bonds. The van der Waals surface area contributed by atoms with Gasteiger partial charge in [0.05, 0.1) is 10.5 Å². The standard InChI is InChI=1S/C19H26F3N3O3S/c1-2-23-10-12-24(13-11-23)18(26)15-6-8-25(9-7-15)29(27,28)17-5-3-4-16(14-17)19(20,21)22/h3-5,14-15H,2,6-13H2,1H3. The second-order valence-corrected chi connectivity index (χ2v) is 9.40. The summed E-state index contributed by atoms with van der Waals surface area (Å²) in [5.41, 5.74) is -0.991. The van der Waals surface area contributed by atoms with Crippen molar-refractivity contribution in [2.75, 3.05) is 45.8 Å². The first-order valence-electron chi connectivity index (χ1n) is 9.81. The van der Waals surface area contributed by atoms with Gasteiger partial charge in [0.1, 0.15) is 0 Å². The Hall–Kier alpha value is -1.65.